The van der Waals surface area contributed by atoms with Crippen molar-refractivity contribution in [2.24, 2.45) is 11.8 Å². The number of hydrogen-bond donors (Lipinski definition) is 1. The van der Waals surface area contributed by atoms with Crippen LogP contribution in [0.1, 0.15) is 118 Å². The minimum atomic E-state index is -0.862. The summed E-state index contributed by atoms with van der Waals surface area (Å²) in [6.07, 6.45) is 16.7. The summed E-state index contributed by atoms with van der Waals surface area (Å²) in [6.45, 7) is 2.19. The number of ether oxygens (including phenoxy) is 1. The summed E-state index contributed by atoms with van der Waals surface area (Å²) < 4.78 is 7.72. The number of carbonyl (C=O) groups is 2. The van der Waals surface area contributed by atoms with Crippen LogP contribution in [0.3, 0.4) is 0 Å². The summed E-state index contributed by atoms with van der Waals surface area (Å²) in [6, 6.07) is 0.417. The first-order valence-corrected chi connectivity index (χ1v) is 13.2. The van der Waals surface area contributed by atoms with Crippen LogP contribution in [0.4, 0.5) is 0 Å². The highest BCUT2D eigenvalue weighted by Gasteiger charge is 2.57. The molecule has 0 radical (unpaired) electrons. The molecule has 176 valence electrons. The van der Waals surface area contributed by atoms with Crippen LogP contribution in [0.15, 0.2) is 0 Å². The van der Waals surface area contributed by atoms with E-state index in [1.54, 1.807) is 0 Å². The minimum Gasteiger partial charge on any atom is -0.464 e. The third kappa shape index (κ3) is 3.88. The second-order valence-electron chi connectivity index (χ2n) is 10.7. The predicted octanol–water partition coefficient (Wildman–Crippen LogP) is 4.90. The molecule has 0 spiro atoms. The Labute approximate surface area is 191 Å². The van der Waals surface area contributed by atoms with Gasteiger partial charge in [0.15, 0.2) is 5.69 Å². The van der Waals surface area contributed by atoms with E-state index >= 15 is 0 Å². The van der Waals surface area contributed by atoms with Crippen LogP contribution < -0.4 is 5.32 Å². The SMILES string of the molecule is CCOC(=O)C1(NC(=O)c2nn(C3CCCCC3)c3c2CCCCCC3)CC2CCC1C2. The molecule has 1 heterocycles. The number of amides is 1. The first-order valence-electron chi connectivity index (χ1n) is 13.2. The Bertz CT molecular complexity index is 857. The van der Waals surface area contributed by atoms with Crippen molar-refractivity contribution in [3.63, 3.8) is 0 Å². The minimum absolute atomic E-state index is 0.156. The van der Waals surface area contributed by atoms with Crippen molar-refractivity contribution in [3.8, 4) is 0 Å². The van der Waals surface area contributed by atoms with Crippen molar-refractivity contribution in [1.29, 1.82) is 0 Å². The molecular formula is C26H39N3O3. The molecule has 1 amide bonds. The van der Waals surface area contributed by atoms with Gasteiger partial charge in [-0.05, 0) is 83.0 Å². The van der Waals surface area contributed by atoms with Crippen LogP contribution in [0.2, 0.25) is 0 Å². The summed E-state index contributed by atoms with van der Waals surface area (Å²) in [7, 11) is 0. The maximum Gasteiger partial charge on any atom is 0.332 e. The van der Waals surface area contributed by atoms with Gasteiger partial charge in [-0.3, -0.25) is 9.48 Å². The molecule has 1 aromatic rings. The first-order chi connectivity index (χ1) is 15.6. The van der Waals surface area contributed by atoms with Crippen LogP contribution in [0.25, 0.3) is 0 Å². The van der Waals surface area contributed by atoms with Gasteiger partial charge in [-0.15, -0.1) is 0 Å². The number of nitrogens with zero attached hydrogens (tertiary/aromatic N) is 2. The molecule has 3 unspecified atom stereocenters. The molecule has 0 aromatic carbocycles. The Morgan fingerprint density at radius 1 is 1.03 bits per heavy atom. The van der Waals surface area contributed by atoms with E-state index < -0.39 is 5.54 Å². The average molecular weight is 442 g/mol. The number of hydrogen-bond acceptors (Lipinski definition) is 4. The van der Waals surface area contributed by atoms with E-state index in [9.17, 15) is 9.59 Å². The van der Waals surface area contributed by atoms with Crippen molar-refractivity contribution >= 4 is 11.9 Å². The molecule has 2 bridgehead atoms. The van der Waals surface area contributed by atoms with E-state index in [0.29, 0.717) is 30.7 Å². The van der Waals surface area contributed by atoms with Gasteiger partial charge in [-0.1, -0.05) is 32.1 Å². The Balaban J connectivity index is 1.47. The lowest BCUT2D eigenvalue weighted by molar-refractivity contribution is -0.153. The Morgan fingerprint density at radius 3 is 2.47 bits per heavy atom. The van der Waals surface area contributed by atoms with Crippen LogP contribution in [0.5, 0.6) is 0 Å². The maximum atomic E-state index is 13.8. The normalized spacial score (nSPS) is 30.4. The van der Waals surface area contributed by atoms with Gasteiger partial charge >= 0.3 is 5.97 Å². The number of fused-ring (bicyclic) bond motifs is 3. The molecule has 1 N–H and O–H groups in total. The fourth-order valence-electron chi connectivity index (χ4n) is 7.10. The van der Waals surface area contributed by atoms with Gasteiger partial charge in [-0.25, -0.2) is 4.79 Å². The molecule has 3 saturated carbocycles. The molecule has 32 heavy (non-hydrogen) atoms. The van der Waals surface area contributed by atoms with Crippen LogP contribution in [-0.4, -0.2) is 33.8 Å². The number of rotatable bonds is 5. The Hall–Kier alpha value is -1.85. The van der Waals surface area contributed by atoms with Gasteiger partial charge in [0.25, 0.3) is 5.91 Å². The third-order valence-electron chi connectivity index (χ3n) is 8.67. The van der Waals surface area contributed by atoms with Crippen LogP contribution in [0, 0.1) is 11.8 Å². The molecular weight excluding hydrogens is 402 g/mol. The number of aromatic nitrogens is 2. The quantitative estimate of drug-likeness (QED) is 0.660. The van der Waals surface area contributed by atoms with Gasteiger partial charge in [-0.2, -0.15) is 5.10 Å². The predicted molar refractivity (Wildman–Crippen MR) is 123 cm³/mol. The summed E-state index contributed by atoms with van der Waals surface area (Å²) in [5, 5.41) is 8.23. The Morgan fingerprint density at radius 2 is 1.78 bits per heavy atom. The Kier molecular flexibility index (Phi) is 6.31. The molecule has 4 aliphatic rings. The highest BCUT2D eigenvalue weighted by molar-refractivity contribution is 5.98. The summed E-state index contributed by atoms with van der Waals surface area (Å²) in [5.74, 6) is 0.315. The topological polar surface area (TPSA) is 73.2 Å². The average Bonchev–Trinajstić information content (AvgIpc) is 3.48. The maximum absolute atomic E-state index is 13.8. The largest absolute Gasteiger partial charge is 0.464 e. The van der Waals surface area contributed by atoms with E-state index in [4.69, 9.17) is 9.84 Å². The summed E-state index contributed by atoms with van der Waals surface area (Å²) in [5.41, 5.74) is 2.16. The zero-order valence-electron chi connectivity index (χ0n) is 19.7. The smallest absolute Gasteiger partial charge is 0.332 e. The lowest BCUT2D eigenvalue weighted by Gasteiger charge is -2.35. The van der Waals surface area contributed by atoms with E-state index in [1.807, 2.05) is 6.92 Å². The highest BCUT2D eigenvalue weighted by atomic mass is 16.5. The van der Waals surface area contributed by atoms with Crippen molar-refractivity contribution < 1.29 is 14.3 Å². The van der Waals surface area contributed by atoms with E-state index in [0.717, 1.165) is 56.9 Å². The second-order valence-corrected chi connectivity index (χ2v) is 10.7. The van der Waals surface area contributed by atoms with Crippen molar-refractivity contribution in [1.82, 2.24) is 15.1 Å². The van der Waals surface area contributed by atoms with Crippen molar-refractivity contribution in [2.45, 2.75) is 115 Å². The lowest BCUT2D eigenvalue weighted by Crippen LogP contribution is -2.58. The highest BCUT2D eigenvalue weighted by Crippen LogP contribution is 2.51. The summed E-state index contributed by atoms with van der Waals surface area (Å²) >= 11 is 0. The zero-order valence-corrected chi connectivity index (χ0v) is 19.7. The van der Waals surface area contributed by atoms with Crippen LogP contribution in [-0.2, 0) is 22.4 Å². The molecule has 3 fully saturated rings. The van der Waals surface area contributed by atoms with Crippen molar-refractivity contribution in [3.05, 3.63) is 17.0 Å². The van der Waals surface area contributed by atoms with Gasteiger partial charge in [0, 0.05) is 11.3 Å². The molecule has 6 nitrogen and oxygen atoms in total. The molecule has 3 atom stereocenters. The molecule has 6 heteroatoms. The summed E-state index contributed by atoms with van der Waals surface area (Å²) in [4.78, 5) is 26.9. The van der Waals surface area contributed by atoms with Gasteiger partial charge in [0.1, 0.15) is 5.54 Å². The fourth-order valence-corrected chi connectivity index (χ4v) is 7.10. The van der Waals surface area contributed by atoms with Gasteiger partial charge in [0.2, 0.25) is 0 Å². The lowest BCUT2D eigenvalue weighted by atomic mass is 9.80. The van der Waals surface area contributed by atoms with Gasteiger partial charge < -0.3 is 10.1 Å². The van der Waals surface area contributed by atoms with Crippen LogP contribution >= 0.6 is 0 Å². The van der Waals surface area contributed by atoms with Gasteiger partial charge in [0.05, 0.1) is 12.6 Å². The molecule has 1 aromatic heterocycles. The monoisotopic (exact) mass is 441 g/mol. The standard InChI is InChI=1S/C26H39N3O3/c1-2-32-25(31)26(17-18-14-15-19(26)16-18)27-24(30)23-21-12-8-3-4-9-13-22(21)29(28-23)20-10-6-5-7-11-20/h18-20H,2-17H2,1H3,(H,27,30). The number of esters is 1. The fraction of sp³-hybridized carbons (Fsp3) is 0.808. The van der Waals surface area contributed by atoms with E-state index in [1.165, 1.54) is 44.2 Å². The third-order valence-corrected chi connectivity index (χ3v) is 8.67. The first kappa shape index (κ1) is 22.0. The number of carbonyl (C=O) groups excluding carboxylic acids is 2. The van der Waals surface area contributed by atoms with Crippen molar-refractivity contribution in [2.75, 3.05) is 6.61 Å². The molecule has 0 saturated heterocycles. The van der Waals surface area contributed by atoms with E-state index in [2.05, 4.69) is 10.00 Å². The zero-order chi connectivity index (χ0) is 22.1. The molecule has 0 aliphatic heterocycles. The molecule has 4 aliphatic carbocycles. The number of nitrogens with one attached hydrogen (secondary N) is 1. The van der Waals surface area contributed by atoms with E-state index in [-0.39, 0.29) is 17.8 Å². The molecule has 5 rings (SSSR count). The second kappa shape index (κ2) is 9.18.